The number of hydrogen-bond donors (Lipinski definition) is 2. The third-order valence-corrected chi connectivity index (χ3v) is 3.76. The molecule has 0 radical (unpaired) electrons. The van der Waals surface area contributed by atoms with Gasteiger partial charge < -0.3 is 11.1 Å². The van der Waals surface area contributed by atoms with Crippen molar-refractivity contribution in [3.8, 4) is 0 Å². The Morgan fingerprint density at radius 2 is 2.12 bits per heavy atom. The number of benzene rings is 1. The van der Waals surface area contributed by atoms with E-state index in [2.05, 4.69) is 26.1 Å². The van der Waals surface area contributed by atoms with Crippen molar-refractivity contribution in [2.24, 2.45) is 11.7 Å². The van der Waals surface area contributed by atoms with Crippen molar-refractivity contribution >= 4 is 11.6 Å². The molecule has 1 aromatic carbocycles. The van der Waals surface area contributed by atoms with Gasteiger partial charge in [0.1, 0.15) is 5.82 Å². The molecule has 0 fully saturated rings. The molecular weight excluding hydrogens is 239 g/mol. The molecule has 0 saturated carbocycles. The van der Waals surface area contributed by atoms with E-state index in [0.717, 1.165) is 5.56 Å². The zero-order valence-electron chi connectivity index (χ0n) is 10.6. The second-order valence-electron chi connectivity index (χ2n) is 4.87. The van der Waals surface area contributed by atoms with Crippen LogP contribution in [0.15, 0.2) is 18.2 Å². The van der Waals surface area contributed by atoms with Gasteiger partial charge in [-0.1, -0.05) is 25.4 Å². The van der Waals surface area contributed by atoms with Crippen LogP contribution in [0, 0.1) is 11.7 Å². The third kappa shape index (κ3) is 3.66. The molecule has 1 aromatic rings. The fraction of sp³-hybridized carbons (Fsp3) is 0.538. The van der Waals surface area contributed by atoms with Crippen LogP contribution in [0.25, 0.3) is 0 Å². The summed E-state index contributed by atoms with van der Waals surface area (Å²) in [7, 11) is 0. The number of hydrogen-bond acceptors (Lipinski definition) is 2. The second kappa shape index (κ2) is 5.80. The maximum atomic E-state index is 13.1. The van der Waals surface area contributed by atoms with Crippen LogP contribution >= 0.6 is 11.6 Å². The number of nitrogens with one attached hydrogen (secondary N) is 1. The maximum absolute atomic E-state index is 13.1. The highest BCUT2D eigenvalue weighted by Crippen LogP contribution is 2.20. The Kier molecular flexibility index (Phi) is 4.92. The van der Waals surface area contributed by atoms with E-state index in [4.69, 9.17) is 17.3 Å². The molecule has 3 N–H and O–H groups in total. The van der Waals surface area contributed by atoms with Gasteiger partial charge in [-0.3, -0.25) is 0 Å². The third-order valence-electron chi connectivity index (χ3n) is 3.39. The Morgan fingerprint density at radius 1 is 1.47 bits per heavy atom. The molecule has 1 rings (SSSR count). The lowest BCUT2D eigenvalue weighted by Crippen LogP contribution is -2.52. The van der Waals surface area contributed by atoms with Gasteiger partial charge in [0.25, 0.3) is 0 Å². The minimum Gasteiger partial charge on any atom is -0.329 e. The summed E-state index contributed by atoms with van der Waals surface area (Å²) in [5.41, 5.74) is 6.36. The molecular formula is C13H20ClFN2. The van der Waals surface area contributed by atoms with E-state index in [9.17, 15) is 4.39 Å². The molecule has 0 saturated heterocycles. The van der Waals surface area contributed by atoms with Crippen LogP contribution in [0.3, 0.4) is 0 Å². The van der Waals surface area contributed by atoms with E-state index in [1.165, 1.54) is 12.1 Å². The second-order valence-corrected chi connectivity index (χ2v) is 5.27. The molecule has 1 atom stereocenters. The van der Waals surface area contributed by atoms with Crippen LogP contribution < -0.4 is 11.1 Å². The van der Waals surface area contributed by atoms with Crippen molar-refractivity contribution in [2.75, 3.05) is 6.54 Å². The quantitative estimate of drug-likeness (QED) is 0.852. The van der Waals surface area contributed by atoms with Crippen LogP contribution in [0.4, 0.5) is 4.39 Å². The summed E-state index contributed by atoms with van der Waals surface area (Å²) in [5, 5.41) is 3.92. The molecule has 17 heavy (non-hydrogen) atoms. The smallest absolute Gasteiger partial charge is 0.123 e. The minimum atomic E-state index is -0.273. The van der Waals surface area contributed by atoms with Gasteiger partial charge in [0, 0.05) is 23.7 Å². The first-order valence-electron chi connectivity index (χ1n) is 5.78. The molecule has 2 nitrogen and oxygen atoms in total. The topological polar surface area (TPSA) is 38.0 Å². The largest absolute Gasteiger partial charge is 0.329 e. The summed E-state index contributed by atoms with van der Waals surface area (Å²) in [4.78, 5) is 0. The monoisotopic (exact) mass is 258 g/mol. The molecule has 0 aliphatic heterocycles. The van der Waals surface area contributed by atoms with Gasteiger partial charge in [-0.05, 0) is 36.6 Å². The van der Waals surface area contributed by atoms with Crippen LogP contribution in [-0.4, -0.2) is 12.1 Å². The van der Waals surface area contributed by atoms with Gasteiger partial charge in [0.2, 0.25) is 0 Å². The summed E-state index contributed by atoms with van der Waals surface area (Å²) in [5.74, 6) is 0.116. The number of halogens is 2. The summed E-state index contributed by atoms with van der Waals surface area (Å²) in [6.07, 6.45) is 0. The molecule has 1 unspecified atom stereocenters. The van der Waals surface area contributed by atoms with E-state index >= 15 is 0 Å². The summed E-state index contributed by atoms with van der Waals surface area (Å²) >= 11 is 6.01. The zero-order valence-corrected chi connectivity index (χ0v) is 11.3. The minimum absolute atomic E-state index is 0.171. The molecule has 0 heterocycles. The van der Waals surface area contributed by atoms with Gasteiger partial charge in [-0.2, -0.15) is 0 Å². The molecule has 0 bridgehead atoms. The lowest BCUT2D eigenvalue weighted by atomic mass is 9.88. The van der Waals surface area contributed by atoms with Gasteiger partial charge in [-0.15, -0.1) is 0 Å². The predicted octanol–water partition coefficient (Wildman–Crippen LogP) is 2.94. The van der Waals surface area contributed by atoms with Crippen molar-refractivity contribution in [3.05, 3.63) is 34.6 Å². The normalized spacial score (nSPS) is 15.0. The van der Waals surface area contributed by atoms with E-state index in [1.807, 2.05) is 0 Å². The Bertz CT molecular complexity index is 382. The van der Waals surface area contributed by atoms with Gasteiger partial charge in [0.05, 0.1) is 0 Å². The first-order chi connectivity index (χ1) is 7.89. The van der Waals surface area contributed by atoms with Gasteiger partial charge in [0.15, 0.2) is 0 Å². The van der Waals surface area contributed by atoms with Crippen molar-refractivity contribution < 1.29 is 4.39 Å². The highest BCUT2D eigenvalue weighted by Gasteiger charge is 2.25. The van der Waals surface area contributed by atoms with Crippen LogP contribution in [0.2, 0.25) is 5.02 Å². The highest BCUT2D eigenvalue weighted by atomic mass is 35.5. The summed E-state index contributed by atoms with van der Waals surface area (Å²) in [6, 6.07) is 4.38. The van der Waals surface area contributed by atoms with E-state index in [0.29, 0.717) is 24.0 Å². The molecule has 0 aliphatic carbocycles. The van der Waals surface area contributed by atoms with Crippen LogP contribution in [0.5, 0.6) is 0 Å². The van der Waals surface area contributed by atoms with E-state index in [1.54, 1.807) is 6.07 Å². The van der Waals surface area contributed by atoms with Crippen molar-refractivity contribution in [2.45, 2.75) is 32.9 Å². The average Bonchev–Trinajstić information content (AvgIpc) is 2.29. The molecule has 0 aliphatic rings. The Hall–Kier alpha value is -0.640. The maximum Gasteiger partial charge on any atom is 0.123 e. The highest BCUT2D eigenvalue weighted by molar-refractivity contribution is 6.31. The molecule has 0 amide bonds. The number of rotatable bonds is 5. The van der Waals surface area contributed by atoms with Crippen LogP contribution in [-0.2, 0) is 6.54 Å². The first kappa shape index (κ1) is 14.4. The molecule has 0 aromatic heterocycles. The van der Waals surface area contributed by atoms with Crippen LogP contribution in [0.1, 0.15) is 26.3 Å². The van der Waals surface area contributed by atoms with Gasteiger partial charge >= 0.3 is 0 Å². The summed E-state index contributed by atoms with van der Waals surface area (Å²) in [6.45, 7) is 7.31. The first-order valence-corrected chi connectivity index (χ1v) is 6.16. The fourth-order valence-corrected chi connectivity index (χ4v) is 1.67. The van der Waals surface area contributed by atoms with E-state index < -0.39 is 0 Å². The van der Waals surface area contributed by atoms with Gasteiger partial charge in [-0.25, -0.2) is 4.39 Å². The predicted molar refractivity (Wildman–Crippen MR) is 70.5 cm³/mol. The molecule has 0 spiro atoms. The standard InChI is InChI=1S/C13H20ClFN2/c1-9(2)13(3,8-16)17-7-10-6-11(15)4-5-12(10)14/h4-6,9,17H,7-8,16H2,1-3H3. The average molecular weight is 259 g/mol. The Morgan fingerprint density at radius 3 is 2.65 bits per heavy atom. The van der Waals surface area contributed by atoms with Crippen molar-refractivity contribution in [1.29, 1.82) is 0 Å². The summed E-state index contributed by atoms with van der Waals surface area (Å²) < 4.78 is 13.1. The fourth-order valence-electron chi connectivity index (χ4n) is 1.49. The van der Waals surface area contributed by atoms with Crippen molar-refractivity contribution in [1.82, 2.24) is 5.32 Å². The zero-order chi connectivity index (χ0) is 13.1. The Balaban J connectivity index is 2.75. The number of nitrogens with two attached hydrogens (primary N) is 1. The molecule has 4 heteroatoms. The molecule has 96 valence electrons. The van der Waals surface area contributed by atoms with Crippen molar-refractivity contribution in [3.63, 3.8) is 0 Å². The Labute approximate surface area is 107 Å². The van der Waals surface area contributed by atoms with E-state index in [-0.39, 0.29) is 11.4 Å². The SMILES string of the molecule is CC(C)C(C)(CN)NCc1cc(F)ccc1Cl. The lowest BCUT2D eigenvalue weighted by molar-refractivity contribution is 0.267. The lowest BCUT2D eigenvalue weighted by Gasteiger charge is -2.34.